The van der Waals surface area contributed by atoms with Gasteiger partial charge in [0, 0.05) is 12.5 Å². The van der Waals surface area contributed by atoms with Crippen molar-refractivity contribution in [2.24, 2.45) is 23.7 Å². The molecule has 3 rings (SSSR count). The second kappa shape index (κ2) is 6.72. The average Bonchev–Trinajstić information content (AvgIpc) is 2.51. The van der Waals surface area contributed by atoms with Crippen LogP contribution in [-0.4, -0.2) is 24.9 Å². The van der Waals surface area contributed by atoms with Gasteiger partial charge in [-0.05, 0) is 69.1 Å². The zero-order chi connectivity index (χ0) is 15.7. The standard InChI is InChI=1S/C18H30F2O2/c1-12-3-9-16(21-11-12)14-5-7-15(8-6-14)17-10-4-13(2)18(19,20)22-17/h12-17H,3-11H2,1-2H3. The molecule has 128 valence electrons. The highest BCUT2D eigenvalue weighted by molar-refractivity contribution is 4.86. The van der Waals surface area contributed by atoms with E-state index >= 15 is 0 Å². The lowest BCUT2D eigenvalue weighted by atomic mass is 9.74. The van der Waals surface area contributed by atoms with Crippen molar-refractivity contribution in [1.29, 1.82) is 0 Å². The Morgan fingerprint density at radius 1 is 0.773 bits per heavy atom. The zero-order valence-corrected chi connectivity index (χ0v) is 13.9. The van der Waals surface area contributed by atoms with Gasteiger partial charge in [-0.25, -0.2) is 0 Å². The topological polar surface area (TPSA) is 18.5 Å². The first-order chi connectivity index (χ1) is 10.5. The largest absolute Gasteiger partial charge is 0.378 e. The Balaban J connectivity index is 1.47. The minimum absolute atomic E-state index is 0.237. The fourth-order valence-corrected chi connectivity index (χ4v) is 4.45. The van der Waals surface area contributed by atoms with E-state index in [4.69, 9.17) is 9.47 Å². The lowest BCUT2D eigenvalue weighted by molar-refractivity contribution is -0.319. The van der Waals surface area contributed by atoms with Gasteiger partial charge in [-0.1, -0.05) is 13.8 Å². The van der Waals surface area contributed by atoms with Gasteiger partial charge in [0.25, 0.3) is 0 Å². The number of hydrogen-bond acceptors (Lipinski definition) is 2. The van der Waals surface area contributed by atoms with Gasteiger partial charge >= 0.3 is 6.11 Å². The summed E-state index contributed by atoms with van der Waals surface area (Å²) in [6.07, 6.45) is 5.34. The monoisotopic (exact) mass is 316 g/mol. The molecular weight excluding hydrogens is 286 g/mol. The summed E-state index contributed by atoms with van der Waals surface area (Å²) in [4.78, 5) is 0. The molecule has 2 aliphatic heterocycles. The maximum atomic E-state index is 13.8. The molecule has 0 bridgehead atoms. The van der Waals surface area contributed by atoms with Crippen molar-refractivity contribution in [2.45, 2.75) is 83.5 Å². The molecule has 4 atom stereocenters. The lowest BCUT2D eigenvalue weighted by Gasteiger charge is -2.42. The number of halogens is 2. The Morgan fingerprint density at radius 2 is 1.36 bits per heavy atom. The normalized spacial score (nSPS) is 46.4. The predicted molar refractivity (Wildman–Crippen MR) is 81.8 cm³/mol. The van der Waals surface area contributed by atoms with Crippen LogP contribution in [0.25, 0.3) is 0 Å². The summed E-state index contributed by atoms with van der Waals surface area (Å²) in [6.45, 7) is 4.73. The molecule has 1 aliphatic carbocycles. The molecule has 2 heterocycles. The highest BCUT2D eigenvalue weighted by Gasteiger charge is 2.46. The minimum atomic E-state index is -2.93. The quantitative estimate of drug-likeness (QED) is 0.712. The van der Waals surface area contributed by atoms with Gasteiger partial charge in [0.1, 0.15) is 0 Å². The van der Waals surface area contributed by atoms with E-state index in [1.165, 1.54) is 12.8 Å². The molecule has 0 radical (unpaired) electrons. The molecule has 0 aromatic rings. The third kappa shape index (κ3) is 3.64. The van der Waals surface area contributed by atoms with Crippen molar-refractivity contribution in [3.63, 3.8) is 0 Å². The van der Waals surface area contributed by atoms with Crippen LogP contribution in [-0.2, 0) is 9.47 Å². The second-order valence-corrected chi connectivity index (χ2v) is 7.93. The summed E-state index contributed by atoms with van der Waals surface area (Å²) >= 11 is 0. The number of rotatable bonds is 2. The molecule has 2 nitrogen and oxygen atoms in total. The Morgan fingerprint density at radius 3 is 1.91 bits per heavy atom. The van der Waals surface area contributed by atoms with Gasteiger partial charge in [0.2, 0.25) is 0 Å². The first kappa shape index (κ1) is 16.6. The van der Waals surface area contributed by atoms with Gasteiger partial charge in [-0.2, -0.15) is 8.78 Å². The average molecular weight is 316 g/mol. The third-order valence-electron chi connectivity index (χ3n) is 6.17. The van der Waals surface area contributed by atoms with Crippen LogP contribution in [0.5, 0.6) is 0 Å². The molecular formula is C18H30F2O2. The van der Waals surface area contributed by atoms with E-state index < -0.39 is 12.0 Å². The lowest BCUT2D eigenvalue weighted by Crippen LogP contribution is -2.44. The second-order valence-electron chi connectivity index (χ2n) is 7.93. The first-order valence-corrected chi connectivity index (χ1v) is 9.13. The summed E-state index contributed by atoms with van der Waals surface area (Å²) in [5.41, 5.74) is 0. The van der Waals surface area contributed by atoms with Gasteiger partial charge in [0.05, 0.1) is 12.2 Å². The van der Waals surface area contributed by atoms with Crippen molar-refractivity contribution < 1.29 is 18.3 Å². The van der Waals surface area contributed by atoms with Crippen LogP contribution in [0.15, 0.2) is 0 Å². The molecule has 4 unspecified atom stereocenters. The maximum Gasteiger partial charge on any atom is 0.358 e. The van der Waals surface area contributed by atoms with E-state index in [0.29, 0.717) is 30.3 Å². The molecule has 0 aromatic carbocycles. The molecule has 22 heavy (non-hydrogen) atoms. The van der Waals surface area contributed by atoms with E-state index in [0.717, 1.165) is 38.7 Å². The predicted octanol–water partition coefficient (Wildman–Crippen LogP) is 5.02. The van der Waals surface area contributed by atoms with E-state index in [-0.39, 0.29) is 6.10 Å². The van der Waals surface area contributed by atoms with Gasteiger partial charge in [-0.15, -0.1) is 0 Å². The molecule has 4 heteroatoms. The molecule has 0 N–H and O–H groups in total. The summed E-state index contributed by atoms with van der Waals surface area (Å²) in [5.74, 6) is 0.995. The first-order valence-electron chi connectivity index (χ1n) is 9.13. The van der Waals surface area contributed by atoms with Crippen molar-refractivity contribution in [1.82, 2.24) is 0 Å². The van der Waals surface area contributed by atoms with Crippen LogP contribution in [0.3, 0.4) is 0 Å². The molecule has 2 saturated heterocycles. The van der Waals surface area contributed by atoms with Crippen LogP contribution < -0.4 is 0 Å². The van der Waals surface area contributed by atoms with Gasteiger partial charge in [0.15, 0.2) is 0 Å². The van der Waals surface area contributed by atoms with Crippen LogP contribution in [0.4, 0.5) is 8.78 Å². The molecule has 3 fully saturated rings. The molecule has 0 amide bonds. The zero-order valence-electron chi connectivity index (χ0n) is 13.9. The SMILES string of the molecule is CC1CCC(C2CCC(C3CCC(C)C(F)(F)O3)CC2)OC1. The molecule has 3 aliphatic rings. The van der Waals surface area contributed by atoms with Gasteiger partial charge < -0.3 is 9.47 Å². The van der Waals surface area contributed by atoms with Crippen molar-refractivity contribution in [3.05, 3.63) is 0 Å². The number of alkyl halides is 2. The Hall–Kier alpha value is -0.220. The molecule has 0 spiro atoms. The van der Waals surface area contributed by atoms with Crippen molar-refractivity contribution >= 4 is 0 Å². The summed E-state index contributed by atoms with van der Waals surface area (Å²) in [5, 5.41) is 0. The van der Waals surface area contributed by atoms with Crippen molar-refractivity contribution in [3.8, 4) is 0 Å². The van der Waals surface area contributed by atoms with Crippen LogP contribution in [0.2, 0.25) is 0 Å². The van der Waals surface area contributed by atoms with E-state index in [1.807, 2.05) is 0 Å². The Kier molecular flexibility index (Phi) is 5.08. The summed E-state index contributed by atoms with van der Waals surface area (Å²) in [6, 6.07) is 0. The highest BCUT2D eigenvalue weighted by Crippen LogP contribution is 2.44. The smallest absolute Gasteiger partial charge is 0.358 e. The van der Waals surface area contributed by atoms with E-state index in [2.05, 4.69) is 6.92 Å². The van der Waals surface area contributed by atoms with Crippen molar-refractivity contribution in [2.75, 3.05) is 6.61 Å². The molecule has 1 saturated carbocycles. The summed E-state index contributed by atoms with van der Waals surface area (Å²) in [7, 11) is 0. The highest BCUT2D eigenvalue weighted by atomic mass is 19.3. The Labute approximate surface area is 132 Å². The third-order valence-corrected chi connectivity index (χ3v) is 6.17. The number of ether oxygens (including phenoxy) is 2. The van der Waals surface area contributed by atoms with E-state index in [1.54, 1.807) is 6.92 Å². The van der Waals surface area contributed by atoms with E-state index in [9.17, 15) is 8.78 Å². The van der Waals surface area contributed by atoms with Crippen LogP contribution in [0, 0.1) is 23.7 Å². The Bertz CT molecular complexity index is 358. The fraction of sp³-hybridized carbons (Fsp3) is 1.00. The summed E-state index contributed by atoms with van der Waals surface area (Å²) < 4.78 is 38.7. The van der Waals surface area contributed by atoms with Gasteiger partial charge in [-0.3, -0.25) is 0 Å². The minimum Gasteiger partial charge on any atom is -0.378 e. The molecule has 0 aromatic heterocycles. The van der Waals surface area contributed by atoms with Crippen LogP contribution in [0.1, 0.15) is 65.2 Å². The fourth-order valence-electron chi connectivity index (χ4n) is 4.45. The number of hydrogen-bond donors (Lipinski definition) is 0. The maximum absolute atomic E-state index is 13.8. The van der Waals surface area contributed by atoms with Crippen LogP contribution >= 0.6 is 0 Å².